The van der Waals surface area contributed by atoms with Crippen LogP contribution in [0, 0.1) is 0 Å². The Morgan fingerprint density at radius 1 is 0.943 bits per heavy atom. The molecule has 0 saturated heterocycles. The van der Waals surface area contributed by atoms with Crippen LogP contribution in [0.1, 0.15) is 24.4 Å². The van der Waals surface area contributed by atoms with Gasteiger partial charge in [-0.15, -0.1) is 10.2 Å². The van der Waals surface area contributed by atoms with Crippen molar-refractivity contribution in [3.05, 3.63) is 96.3 Å². The number of carbonyl (C=O) groups is 1. The maximum absolute atomic E-state index is 12.9. The number of anilines is 1. The van der Waals surface area contributed by atoms with E-state index >= 15 is 0 Å². The standard InChI is InChI=1S/C27H29N5OS2/c1-20(31(2)3)26-29-30-27(32(26)18-21-12-6-4-7-13-21)34-19-25(33)28-23-16-10-11-17-24(23)35-22-14-8-5-9-15-22/h4-17,20H,18-19H2,1-3H3,(H,28,33)/p+1/t20-/m1/s1. The third-order valence-corrected chi connectivity index (χ3v) is 7.70. The summed E-state index contributed by atoms with van der Waals surface area (Å²) in [5.41, 5.74) is 1.98. The van der Waals surface area contributed by atoms with E-state index in [1.807, 2.05) is 60.7 Å². The molecule has 3 aromatic carbocycles. The summed E-state index contributed by atoms with van der Waals surface area (Å²) in [6, 6.07) is 28.5. The fourth-order valence-electron chi connectivity index (χ4n) is 3.49. The van der Waals surface area contributed by atoms with Gasteiger partial charge in [-0.2, -0.15) is 0 Å². The van der Waals surface area contributed by atoms with E-state index in [2.05, 4.69) is 65.4 Å². The number of quaternary nitrogens is 1. The molecule has 0 spiro atoms. The zero-order valence-electron chi connectivity index (χ0n) is 20.1. The van der Waals surface area contributed by atoms with Crippen molar-refractivity contribution < 1.29 is 9.69 Å². The minimum Gasteiger partial charge on any atom is -0.331 e. The van der Waals surface area contributed by atoms with Gasteiger partial charge in [0.05, 0.1) is 32.1 Å². The molecule has 1 heterocycles. The van der Waals surface area contributed by atoms with Crippen molar-refractivity contribution in [1.82, 2.24) is 14.8 Å². The second-order valence-corrected chi connectivity index (χ2v) is 10.5. The molecule has 0 aliphatic carbocycles. The molecule has 35 heavy (non-hydrogen) atoms. The van der Waals surface area contributed by atoms with E-state index in [4.69, 9.17) is 0 Å². The van der Waals surface area contributed by atoms with Crippen LogP contribution in [0.25, 0.3) is 0 Å². The monoisotopic (exact) mass is 504 g/mol. The normalized spacial score (nSPS) is 12.0. The first-order valence-corrected chi connectivity index (χ1v) is 13.3. The Hall–Kier alpha value is -3.07. The Bertz CT molecular complexity index is 1240. The van der Waals surface area contributed by atoms with E-state index in [0.29, 0.717) is 6.54 Å². The molecule has 1 amide bonds. The van der Waals surface area contributed by atoms with Gasteiger partial charge in [-0.1, -0.05) is 84.2 Å². The number of nitrogens with one attached hydrogen (secondary N) is 2. The highest BCUT2D eigenvalue weighted by atomic mass is 32.2. The molecule has 4 rings (SSSR count). The molecule has 0 aliphatic rings. The zero-order valence-corrected chi connectivity index (χ0v) is 21.8. The first-order valence-electron chi connectivity index (χ1n) is 11.5. The summed E-state index contributed by atoms with van der Waals surface area (Å²) in [5, 5.41) is 12.8. The van der Waals surface area contributed by atoms with Crippen LogP contribution in [0.3, 0.4) is 0 Å². The van der Waals surface area contributed by atoms with Gasteiger partial charge >= 0.3 is 0 Å². The maximum atomic E-state index is 12.9. The molecule has 0 saturated carbocycles. The van der Waals surface area contributed by atoms with Gasteiger partial charge in [-0.3, -0.25) is 9.36 Å². The van der Waals surface area contributed by atoms with Gasteiger partial charge in [0, 0.05) is 9.79 Å². The van der Waals surface area contributed by atoms with Gasteiger partial charge in [0.1, 0.15) is 6.04 Å². The summed E-state index contributed by atoms with van der Waals surface area (Å²) in [4.78, 5) is 16.3. The van der Waals surface area contributed by atoms with Crippen molar-refractivity contribution in [3.8, 4) is 0 Å². The molecule has 0 bridgehead atoms. The van der Waals surface area contributed by atoms with Gasteiger partial charge in [0.25, 0.3) is 0 Å². The van der Waals surface area contributed by atoms with Crippen LogP contribution in [0.5, 0.6) is 0 Å². The van der Waals surface area contributed by atoms with Gasteiger partial charge in [-0.05, 0) is 36.8 Å². The van der Waals surface area contributed by atoms with E-state index < -0.39 is 0 Å². The molecule has 0 radical (unpaired) electrons. The summed E-state index contributed by atoms with van der Waals surface area (Å²) >= 11 is 3.05. The van der Waals surface area contributed by atoms with Crippen LogP contribution in [-0.2, 0) is 11.3 Å². The lowest BCUT2D eigenvalue weighted by atomic mass is 10.2. The molecule has 4 aromatic rings. The third-order valence-electron chi connectivity index (χ3n) is 5.65. The summed E-state index contributed by atoms with van der Waals surface area (Å²) in [5.74, 6) is 1.10. The summed E-state index contributed by atoms with van der Waals surface area (Å²) in [7, 11) is 4.22. The van der Waals surface area contributed by atoms with E-state index in [1.165, 1.54) is 22.2 Å². The van der Waals surface area contributed by atoms with Crippen LogP contribution in [-0.4, -0.2) is 40.5 Å². The van der Waals surface area contributed by atoms with E-state index in [9.17, 15) is 4.79 Å². The maximum Gasteiger partial charge on any atom is 0.234 e. The third kappa shape index (κ3) is 6.75. The highest BCUT2D eigenvalue weighted by molar-refractivity contribution is 8.00. The number of hydrogen-bond donors (Lipinski definition) is 2. The molecule has 1 aromatic heterocycles. The van der Waals surface area contributed by atoms with Crippen LogP contribution in [0.15, 0.2) is 99.9 Å². The van der Waals surface area contributed by atoms with Crippen molar-refractivity contribution in [2.24, 2.45) is 0 Å². The molecule has 0 aliphatic heterocycles. The molecular formula is C27H30N5OS2+. The number of hydrogen-bond acceptors (Lipinski definition) is 5. The lowest BCUT2D eigenvalue weighted by Crippen LogP contribution is -3.05. The highest BCUT2D eigenvalue weighted by Crippen LogP contribution is 2.33. The van der Waals surface area contributed by atoms with Crippen molar-refractivity contribution in [3.63, 3.8) is 0 Å². The average molecular weight is 505 g/mol. The summed E-state index contributed by atoms with van der Waals surface area (Å²) < 4.78 is 2.13. The van der Waals surface area contributed by atoms with Crippen molar-refractivity contribution in [1.29, 1.82) is 0 Å². The fraction of sp³-hybridized carbons (Fsp3) is 0.222. The molecule has 0 fully saturated rings. The van der Waals surface area contributed by atoms with Crippen molar-refractivity contribution in [2.75, 3.05) is 25.2 Å². The second-order valence-electron chi connectivity index (χ2n) is 8.46. The van der Waals surface area contributed by atoms with Gasteiger partial charge in [0.15, 0.2) is 11.0 Å². The molecule has 6 nitrogen and oxygen atoms in total. The number of rotatable bonds is 10. The number of amides is 1. The Morgan fingerprint density at radius 2 is 1.60 bits per heavy atom. The first kappa shape index (κ1) is 25.0. The Labute approximate surface area is 215 Å². The van der Waals surface area contributed by atoms with Gasteiger partial charge in [0.2, 0.25) is 5.91 Å². The Balaban J connectivity index is 1.47. The van der Waals surface area contributed by atoms with E-state index in [-0.39, 0.29) is 17.7 Å². The number of carbonyl (C=O) groups excluding carboxylic acids is 1. The number of para-hydroxylation sites is 1. The van der Waals surface area contributed by atoms with Gasteiger partial charge < -0.3 is 10.2 Å². The number of thioether (sulfide) groups is 1. The smallest absolute Gasteiger partial charge is 0.234 e. The topological polar surface area (TPSA) is 64.2 Å². The lowest BCUT2D eigenvalue weighted by Gasteiger charge is -2.18. The highest BCUT2D eigenvalue weighted by Gasteiger charge is 2.23. The van der Waals surface area contributed by atoms with Crippen LogP contribution in [0.4, 0.5) is 5.69 Å². The molecule has 180 valence electrons. The Morgan fingerprint density at radius 3 is 2.31 bits per heavy atom. The average Bonchev–Trinajstić information content (AvgIpc) is 3.26. The number of nitrogens with zero attached hydrogens (tertiary/aromatic N) is 3. The number of aromatic nitrogens is 3. The van der Waals surface area contributed by atoms with E-state index in [1.54, 1.807) is 11.8 Å². The number of benzene rings is 3. The molecule has 1 atom stereocenters. The predicted octanol–water partition coefficient (Wildman–Crippen LogP) is 4.41. The van der Waals surface area contributed by atoms with Gasteiger partial charge in [-0.25, -0.2) is 0 Å². The molecule has 0 unspecified atom stereocenters. The van der Waals surface area contributed by atoms with Crippen LogP contribution >= 0.6 is 23.5 Å². The van der Waals surface area contributed by atoms with E-state index in [0.717, 1.165) is 26.5 Å². The quantitative estimate of drug-likeness (QED) is 0.313. The first-order chi connectivity index (χ1) is 17.0. The lowest BCUT2D eigenvalue weighted by molar-refractivity contribution is -0.890. The Kier molecular flexibility index (Phi) is 8.63. The fourth-order valence-corrected chi connectivity index (χ4v) is 5.16. The SMILES string of the molecule is C[C@H](c1nnc(SCC(=O)Nc2ccccc2Sc2ccccc2)n1Cc1ccccc1)[NH+](C)C. The summed E-state index contributed by atoms with van der Waals surface area (Å²) in [6.45, 7) is 2.81. The molecule has 2 N–H and O–H groups in total. The minimum absolute atomic E-state index is 0.0711. The zero-order chi connectivity index (χ0) is 24.6. The largest absolute Gasteiger partial charge is 0.331 e. The van der Waals surface area contributed by atoms with Crippen LogP contribution in [0.2, 0.25) is 0 Å². The van der Waals surface area contributed by atoms with Crippen LogP contribution < -0.4 is 10.2 Å². The second kappa shape index (κ2) is 12.1. The van der Waals surface area contributed by atoms with Crippen molar-refractivity contribution in [2.45, 2.75) is 34.5 Å². The minimum atomic E-state index is -0.0711. The molecular weight excluding hydrogens is 474 g/mol. The van der Waals surface area contributed by atoms with Crippen molar-refractivity contribution >= 4 is 35.1 Å². The molecule has 8 heteroatoms. The summed E-state index contributed by atoms with van der Waals surface area (Å²) in [6.07, 6.45) is 0. The predicted molar refractivity (Wildman–Crippen MR) is 143 cm³/mol.